The first kappa shape index (κ1) is 10.3. The molecule has 1 aromatic carbocycles. The van der Waals surface area contributed by atoms with Crippen LogP contribution in [-0.4, -0.2) is 25.7 Å². The van der Waals surface area contributed by atoms with E-state index in [0.29, 0.717) is 19.2 Å². The second kappa shape index (κ2) is 4.16. The number of benzene rings is 1. The normalized spacial score (nSPS) is 22.6. The van der Waals surface area contributed by atoms with Gasteiger partial charge in [0.15, 0.2) is 17.5 Å². The minimum atomic E-state index is 0.211. The number of hydrogen-bond acceptors (Lipinski definition) is 5. The summed E-state index contributed by atoms with van der Waals surface area (Å²) < 4.78 is 11.1. The summed E-state index contributed by atoms with van der Waals surface area (Å²) in [6.45, 7) is 1.99. The Morgan fingerprint density at radius 1 is 1.24 bits per heavy atom. The molecule has 0 saturated carbocycles. The number of nitrogens with two attached hydrogens (primary N) is 1. The van der Waals surface area contributed by atoms with Crippen LogP contribution in [0.4, 0.5) is 0 Å². The molecule has 1 aromatic rings. The Bertz CT molecular complexity index is 459. The predicted octanol–water partition coefficient (Wildman–Crippen LogP) is 0.807. The van der Waals surface area contributed by atoms with Gasteiger partial charge < -0.3 is 20.5 Å². The monoisotopic (exact) mass is 233 g/mol. The summed E-state index contributed by atoms with van der Waals surface area (Å²) in [6.07, 6.45) is 0.945. The van der Waals surface area contributed by atoms with Crippen molar-refractivity contribution >= 4 is 5.96 Å². The fraction of sp³-hybridized carbons (Fsp3) is 0.417. The number of guanidine groups is 1. The summed E-state index contributed by atoms with van der Waals surface area (Å²) >= 11 is 0. The molecule has 17 heavy (non-hydrogen) atoms. The van der Waals surface area contributed by atoms with E-state index in [9.17, 15) is 0 Å². The summed E-state index contributed by atoms with van der Waals surface area (Å²) in [5.74, 6) is 2.14. The summed E-state index contributed by atoms with van der Waals surface area (Å²) in [5.41, 5.74) is 6.84. The van der Waals surface area contributed by atoms with Crippen LogP contribution in [0.15, 0.2) is 23.2 Å². The molecular formula is C12H15N3O2. The van der Waals surface area contributed by atoms with Crippen molar-refractivity contribution in [3.63, 3.8) is 0 Å². The van der Waals surface area contributed by atoms with Crippen LogP contribution in [0, 0.1) is 0 Å². The van der Waals surface area contributed by atoms with Gasteiger partial charge >= 0.3 is 0 Å². The predicted molar refractivity (Wildman–Crippen MR) is 64.4 cm³/mol. The second-order valence-electron chi connectivity index (χ2n) is 4.16. The first-order valence-electron chi connectivity index (χ1n) is 5.79. The molecule has 2 aliphatic heterocycles. The molecule has 1 unspecified atom stereocenters. The highest BCUT2D eigenvalue weighted by Crippen LogP contribution is 2.33. The molecule has 3 N–H and O–H groups in total. The lowest BCUT2D eigenvalue weighted by Crippen LogP contribution is -2.38. The molecule has 0 amide bonds. The maximum atomic E-state index is 5.68. The van der Waals surface area contributed by atoms with E-state index < -0.39 is 0 Å². The summed E-state index contributed by atoms with van der Waals surface area (Å²) in [4.78, 5) is 4.12. The Morgan fingerprint density at radius 3 is 2.88 bits per heavy atom. The second-order valence-corrected chi connectivity index (χ2v) is 4.16. The average Bonchev–Trinajstić information content (AvgIpc) is 2.38. The SMILES string of the molecule is NC1=NCCC(c2ccc3c(c2)OCCO3)N1. The third kappa shape index (κ3) is 2.00. The van der Waals surface area contributed by atoms with Crippen molar-refractivity contribution in [3.8, 4) is 11.5 Å². The van der Waals surface area contributed by atoms with E-state index in [0.717, 1.165) is 30.0 Å². The fourth-order valence-electron chi connectivity index (χ4n) is 2.14. The van der Waals surface area contributed by atoms with Crippen LogP contribution in [0.3, 0.4) is 0 Å². The van der Waals surface area contributed by atoms with Crippen molar-refractivity contribution in [1.29, 1.82) is 0 Å². The van der Waals surface area contributed by atoms with Crippen molar-refractivity contribution in [1.82, 2.24) is 5.32 Å². The van der Waals surface area contributed by atoms with E-state index in [1.54, 1.807) is 0 Å². The number of aliphatic imine (C=N–C) groups is 1. The Labute approximate surface area is 99.6 Å². The molecule has 0 spiro atoms. The van der Waals surface area contributed by atoms with Gasteiger partial charge in [0.25, 0.3) is 0 Å². The minimum absolute atomic E-state index is 0.211. The van der Waals surface area contributed by atoms with Crippen molar-refractivity contribution < 1.29 is 9.47 Å². The van der Waals surface area contributed by atoms with Gasteiger partial charge in [-0.1, -0.05) is 6.07 Å². The summed E-state index contributed by atoms with van der Waals surface area (Å²) in [5, 5.41) is 3.17. The Balaban J connectivity index is 1.86. The molecular weight excluding hydrogens is 218 g/mol. The lowest BCUT2D eigenvalue weighted by Gasteiger charge is -2.25. The van der Waals surface area contributed by atoms with Crippen LogP contribution in [0.1, 0.15) is 18.0 Å². The van der Waals surface area contributed by atoms with E-state index in [1.165, 1.54) is 0 Å². The molecule has 0 aliphatic carbocycles. The lowest BCUT2D eigenvalue weighted by atomic mass is 10.0. The van der Waals surface area contributed by atoms with Crippen molar-refractivity contribution in [3.05, 3.63) is 23.8 Å². The Morgan fingerprint density at radius 2 is 2.06 bits per heavy atom. The third-order valence-electron chi connectivity index (χ3n) is 2.99. The number of hydrogen-bond donors (Lipinski definition) is 2. The third-order valence-corrected chi connectivity index (χ3v) is 2.99. The van der Waals surface area contributed by atoms with Gasteiger partial charge in [0.2, 0.25) is 0 Å². The highest BCUT2D eigenvalue weighted by molar-refractivity contribution is 5.79. The standard InChI is InChI=1S/C12H15N3O2/c13-12-14-4-3-9(15-12)8-1-2-10-11(7-8)17-6-5-16-10/h1-2,7,9H,3-6H2,(H3,13,14,15). The van der Waals surface area contributed by atoms with Gasteiger partial charge in [-0.15, -0.1) is 0 Å². The highest BCUT2D eigenvalue weighted by Gasteiger charge is 2.19. The van der Waals surface area contributed by atoms with Crippen LogP contribution >= 0.6 is 0 Å². The fourth-order valence-corrected chi connectivity index (χ4v) is 2.14. The van der Waals surface area contributed by atoms with E-state index in [4.69, 9.17) is 15.2 Å². The average molecular weight is 233 g/mol. The van der Waals surface area contributed by atoms with Gasteiger partial charge in [-0.3, -0.25) is 4.99 Å². The van der Waals surface area contributed by atoms with Crippen molar-refractivity contribution in [2.45, 2.75) is 12.5 Å². The number of nitrogens with zero attached hydrogens (tertiary/aromatic N) is 1. The molecule has 5 nitrogen and oxygen atoms in total. The molecule has 0 radical (unpaired) electrons. The smallest absolute Gasteiger partial charge is 0.189 e. The van der Waals surface area contributed by atoms with Crippen LogP contribution in [-0.2, 0) is 0 Å². The Hall–Kier alpha value is -1.91. The van der Waals surface area contributed by atoms with Gasteiger partial charge in [0, 0.05) is 6.54 Å². The molecule has 1 atom stereocenters. The van der Waals surface area contributed by atoms with E-state index in [-0.39, 0.29) is 6.04 Å². The number of fused-ring (bicyclic) bond motifs is 1. The number of rotatable bonds is 1. The molecule has 0 saturated heterocycles. The molecule has 0 fully saturated rings. The van der Waals surface area contributed by atoms with Gasteiger partial charge in [-0.25, -0.2) is 0 Å². The molecule has 0 aromatic heterocycles. The molecule has 0 bridgehead atoms. The first-order valence-corrected chi connectivity index (χ1v) is 5.79. The van der Waals surface area contributed by atoms with Gasteiger partial charge in [-0.05, 0) is 24.1 Å². The molecule has 2 heterocycles. The zero-order valence-corrected chi connectivity index (χ0v) is 9.48. The zero-order valence-electron chi connectivity index (χ0n) is 9.48. The molecule has 3 rings (SSSR count). The largest absolute Gasteiger partial charge is 0.486 e. The lowest BCUT2D eigenvalue weighted by molar-refractivity contribution is 0.171. The quantitative estimate of drug-likeness (QED) is 0.753. The van der Waals surface area contributed by atoms with E-state index in [2.05, 4.69) is 10.3 Å². The maximum Gasteiger partial charge on any atom is 0.189 e. The van der Waals surface area contributed by atoms with Gasteiger partial charge in [0.1, 0.15) is 13.2 Å². The summed E-state index contributed by atoms with van der Waals surface area (Å²) in [7, 11) is 0. The number of nitrogens with one attached hydrogen (secondary N) is 1. The maximum absolute atomic E-state index is 5.68. The van der Waals surface area contributed by atoms with Crippen molar-refractivity contribution in [2.24, 2.45) is 10.7 Å². The van der Waals surface area contributed by atoms with Crippen LogP contribution in [0.25, 0.3) is 0 Å². The highest BCUT2D eigenvalue weighted by atomic mass is 16.6. The van der Waals surface area contributed by atoms with Crippen LogP contribution in [0.5, 0.6) is 11.5 Å². The van der Waals surface area contributed by atoms with Crippen molar-refractivity contribution in [2.75, 3.05) is 19.8 Å². The van der Waals surface area contributed by atoms with Crippen LogP contribution < -0.4 is 20.5 Å². The molecule has 90 valence electrons. The zero-order chi connectivity index (χ0) is 11.7. The first-order chi connectivity index (χ1) is 8.33. The van der Waals surface area contributed by atoms with E-state index >= 15 is 0 Å². The Kier molecular flexibility index (Phi) is 2.51. The molecule has 2 aliphatic rings. The summed E-state index contributed by atoms with van der Waals surface area (Å²) in [6, 6.07) is 6.23. The molecule has 5 heteroatoms. The topological polar surface area (TPSA) is 68.9 Å². The van der Waals surface area contributed by atoms with Gasteiger partial charge in [-0.2, -0.15) is 0 Å². The van der Waals surface area contributed by atoms with Crippen LogP contribution in [0.2, 0.25) is 0 Å². The minimum Gasteiger partial charge on any atom is -0.486 e. The van der Waals surface area contributed by atoms with E-state index in [1.807, 2.05) is 18.2 Å². The number of ether oxygens (including phenoxy) is 2. The van der Waals surface area contributed by atoms with Gasteiger partial charge in [0.05, 0.1) is 6.04 Å².